The zero-order chi connectivity index (χ0) is 13.5. The van der Waals surface area contributed by atoms with Crippen LogP contribution in [0.3, 0.4) is 0 Å². The van der Waals surface area contributed by atoms with Gasteiger partial charge in [-0.15, -0.1) is 0 Å². The number of rotatable bonds is 5. The second-order valence-electron chi connectivity index (χ2n) is 4.99. The maximum Gasteiger partial charge on any atom is 0.328 e. The highest BCUT2D eigenvalue weighted by Crippen LogP contribution is 2.17. The van der Waals surface area contributed by atoms with E-state index >= 15 is 0 Å². The van der Waals surface area contributed by atoms with Crippen molar-refractivity contribution in [1.82, 2.24) is 10.2 Å². The molecule has 5 nitrogen and oxygen atoms in total. The van der Waals surface area contributed by atoms with E-state index in [-0.39, 0.29) is 5.91 Å². The molecule has 1 aliphatic heterocycles. The second kappa shape index (κ2) is 7.16. The van der Waals surface area contributed by atoms with Gasteiger partial charge in [-0.05, 0) is 38.8 Å². The van der Waals surface area contributed by atoms with Gasteiger partial charge in [-0.1, -0.05) is 5.57 Å². The third-order valence-electron chi connectivity index (χ3n) is 3.19. The van der Waals surface area contributed by atoms with Gasteiger partial charge >= 0.3 is 5.97 Å². The van der Waals surface area contributed by atoms with E-state index < -0.39 is 5.97 Å². The van der Waals surface area contributed by atoms with Crippen molar-refractivity contribution in [2.24, 2.45) is 5.92 Å². The fourth-order valence-corrected chi connectivity index (χ4v) is 2.25. The molecular formula is C13H22N2O3. The Morgan fingerprint density at radius 1 is 1.33 bits per heavy atom. The summed E-state index contributed by atoms with van der Waals surface area (Å²) < 4.78 is 0. The number of carbonyl (C=O) groups excluding carboxylic acids is 1. The van der Waals surface area contributed by atoms with Crippen LogP contribution < -0.4 is 5.32 Å². The number of piperidine rings is 1. The van der Waals surface area contributed by atoms with Gasteiger partial charge in [-0.2, -0.15) is 0 Å². The maximum atomic E-state index is 10.8. The van der Waals surface area contributed by atoms with Crippen LogP contribution in [0.25, 0.3) is 0 Å². The van der Waals surface area contributed by atoms with Crippen LogP contribution in [0.4, 0.5) is 0 Å². The summed E-state index contributed by atoms with van der Waals surface area (Å²) in [5.41, 5.74) is 0.878. The van der Waals surface area contributed by atoms with Gasteiger partial charge in [-0.3, -0.25) is 9.69 Å². The number of carbonyl (C=O) groups is 2. The molecule has 1 fully saturated rings. The minimum Gasteiger partial charge on any atom is -0.478 e. The molecule has 0 aromatic rings. The van der Waals surface area contributed by atoms with Gasteiger partial charge in [0, 0.05) is 26.1 Å². The van der Waals surface area contributed by atoms with Crippen molar-refractivity contribution in [1.29, 1.82) is 0 Å². The standard InChI is InChI=1S/C13H22N2O3/c1-10(7-13(17)18)9-15-5-3-12(4-6-15)8-14-11(2)16/h7,12H,3-6,8-9H2,1-2H3,(H,14,16)(H,17,18). The molecule has 1 aliphatic rings. The Labute approximate surface area is 108 Å². The predicted octanol–water partition coefficient (Wildman–Crippen LogP) is 0.865. The summed E-state index contributed by atoms with van der Waals surface area (Å²) >= 11 is 0. The third kappa shape index (κ3) is 5.82. The van der Waals surface area contributed by atoms with Gasteiger partial charge in [0.25, 0.3) is 0 Å². The number of hydrogen-bond acceptors (Lipinski definition) is 3. The van der Waals surface area contributed by atoms with Crippen LogP contribution in [-0.4, -0.2) is 48.1 Å². The topological polar surface area (TPSA) is 69.6 Å². The van der Waals surface area contributed by atoms with Crippen LogP contribution in [-0.2, 0) is 9.59 Å². The van der Waals surface area contributed by atoms with Crippen LogP contribution in [0, 0.1) is 5.92 Å². The number of aliphatic carboxylic acids is 1. The number of carboxylic acids is 1. The highest BCUT2D eigenvalue weighted by atomic mass is 16.4. The quantitative estimate of drug-likeness (QED) is 0.714. The molecular weight excluding hydrogens is 232 g/mol. The number of amides is 1. The molecule has 1 heterocycles. The normalized spacial score (nSPS) is 18.7. The summed E-state index contributed by atoms with van der Waals surface area (Å²) in [4.78, 5) is 23.6. The minimum absolute atomic E-state index is 0.0256. The van der Waals surface area contributed by atoms with E-state index in [1.807, 2.05) is 6.92 Å². The molecule has 1 rings (SSSR count). The monoisotopic (exact) mass is 254 g/mol. The van der Waals surface area contributed by atoms with E-state index in [4.69, 9.17) is 5.11 Å². The van der Waals surface area contributed by atoms with Crippen molar-refractivity contribution < 1.29 is 14.7 Å². The highest BCUT2D eigenvalue weighted by molar-refractivity contribution is 5.80. The average molecular weight is 254 g/mol. The molecule has 2 N–H and O–H groups in total. The average Bonchev–Trinajstić information content (AvgIpc) is 2.26. The van der Waals surface area contributed by atoms with E-state index in [0.29, 0.717) is 5.92 Å². The molecule has 0 saturated carbocycles. The molecule has 0 aromatic carbocycles. The first-order valence-corrected chi connectivity index (χ1v) is 6.34. The smallest absolute Gasteiger partial charge is 0.328 e. The Morgan fingerprint density at radius 2 is 1.94 bits per heavy atom. The van der Waals surface area contributed by atoms with Gasteiger partial charge in [0.15, 0.2) is 0 Å². The Balaban J connectivity index is 2.27. The van der Waals surface area contributed by atoms with Gasteiger partial charge in [0.2, 0.25) is 5.91 Å². The van der Waals surface area contributed by atoms with Gasteiger partial charge < -0.3 is 10.4 Å². The summed E-state index contributed by atoms with van der Waals surface area (Å²) in [5.74, 6) is -0.306. The third-order valence-corrected chi connectivity index (χ3v) is 3.19. The minimum atomic E-state index is -0.881. The SMILES string of the molecule is CC(=O)NCC1CCN(CC(C)=CC(=O)O)CC1. The largest absolute Gasteiger partial charge is 0.478 e. The van der Waals surface area contributed by atoms with Crippen molar-refractivity contribution >= 4 is 11.9 Å². The zero-order valence-electron chi connectivity index (χ0n) is 11.1. The molecule has 0 radical (unpaired) electrons. The lowest BCUT2D eigenvalue weighted by atomic mass is 9.96. The summed E-state index contributed by atoms with van der Waals surface area (Å²) in [7, 11) is 0. The van der Waals surface area contributed by atoms with Crippen LogP contribution >= 0.6 is 0 Å². The number of likely N-dealkylation sites (tertiary alicyclic amines) is 1. The Kier molecular flexibility index (Phi) is 5.85. The molecule has 5 heteroatoms. The fraction of sp³-hybridized carbons (Fsp3) is 0.692. The Morgan fingerprint density at radius 3 is 2.44 bits per heavy atom. The van der Waals surface area contributed by atoms with Crippen LogP contribution in [0.15, 0.2) is 11.6 Å². The number of nitrogens with zero attached hydrogens (tertiary/aromatic N) is 1. The molecule has 18 heavy (non-hydrogen) atoms. The summed E-state index contributed by atoms with van der Waals surface area (Å²) in [6.07, 6.45) is 3.38. The Bertz CT molecular complexity index is 331. The van der Waals surface area contributed by atoms with Crippen LogP contribution in [0.1, 0.15) is 26.7 Å². The van der Waals surface area contributed by atoms with Crippen molar-refractivity contribution in [3.8, 4) is 0 Å². The summed E-state index contributed by atoms with van der Waals surface area (Å²) in [6, 6.07) is 0. The van der Waals surface area contributed by atoms with E-state index in [0.717, 1.165) is 44.6 Å². The van der Waals surface area contributed by atoms with Crippen molar-refractivity contribution in [2.75, 3.05) is 26.2 Å². The molecule has 1 saturated heterocycles. The molecule has 0 bridgehead atoms. The van der Waals surface area contributed by atoms with Gasteiger partial charge in [-0.25, -0.2) is 4.79 Å². The van der Waals surface area contributed by atoms with Gasteiger partial charge in [0.1, 0.15) is 0 Å². The number of nitrogens with one attached hydrogen (secondary N) is 1. The predicted molar refractivity (Wildman–Crippen MR) is 69.2 cm³/mol. The van der Waals surface area contributed by atoms with E-state index in [1.54, 1.807) is 0 Å². The molecule has 0 aromatic heterocycles. The van der Waals surface area contributed by atoms with Crippen molar-refractivity contribution in [2.45, 2.75) is 26.7 Å². The first-order chi connectivity index (χ1) is 8.47. The molecule has 0 atom stereocenters. The van der Waals surface area contributed by atoms with Gasteiger partial charge in [0.05, 0.1) is 0 Å². The Hall–Kier alpha value is -1.36. The molecule has 1 amide bonds. The molecule has 0 aliphatic carbocycles. The molecule has 0 spiro atoms. The van der Waals surface area contributed by atoms with E-state index in [2.05, 4.69) is 10.2 Å². The summed E-state index contributed by atoms with van der Waals surface area (Å²) in [6.45, 7) is 6.79. The highest BCUT2D eigenvalue weighted by Gasteiger charge is 2.19. The molecule has 102 valence electrons. The lowest BCUT2D eigenvalue weighted by Gasteiger charge is -2.32. The van der Waals surface area contributed by atoms with Crippen molar-refractivity contribution in [3.05, 3.63) is 11.6 Å². The van der Waals surface area contributed by atoms with E-state index in [9.17, 15) is 9.59 Å². The second-order valence-corrected chi connectivity index (χ2v) is 4.99. The zero-order valence-corrected chi connectivity index (χ0v) is 11.1. The van der Waals surface area contributed by atoms with E-state index in [1.165, 1.54) is 13.0 Å². The molecule has 0 unspecified atom stereocenters. The fourth-order valence-electron chi connectivity index (χ4n) is 2.25. The summed E-state index contributed by atoms with van der Waals surface area (Å²) in [5, 5.41) is 11.5. The first-order valence-electron chi connectivity index (χ1n) is 6.34. The number of hydrogen-bond donors (Lipinski definition) is 2. The van der Waals surface area contributed by atoms with Crippen molar-refractivity contribution in [3.63, 3.8) is 0 Å². The first kappa shape index (κ1) is 14.7. The lowest BCUT2D eigenvalue weighted by molar-refractivity contribution is -0.131. The lowest BCUT2D eigenvalue weighted by Crippen LogP contribution is -2.38. The van der Waals surface area contributed by atoms with Crippen LogP contribution in [0.2, 0.25) is 0 Å². The maximum absolute atomic E-state index is 10.8. The van der Waals surface area contributed by atoms with Crippen LogP contribution in [0.5, 0.6) is 0 Å². The number of carboxylic acid groups (broad SMARTS) is 1.